The molecule has 1 N–H and O–H groups in total. The third-order valence-electron chi connectivity index (χ3n) is 3.82. The molecule has 3 aromatic rings. The lowest BCUT2D eigenvalue weighted by Crippen LogP contribution is -2.12. The van der Waals surface area contributed by atoms with E-state index in [1.54, 1.807) is 25.4 Å². The van der Waals surface area contributed by atoms with E-state index in [4.69, 9.17) is 4.74 Å². The number of hydrogen-bond donors (Lipinski definition) is 1. The Kier molecular flexibility index (Phi) is 3.98. The predicted molar refractivity (Wildman–Crippen MR) is 92.2 cm³/mol. The fraction of sp³-hybridized carbons (Fsp3) is 0.158. The highest BCUT2D eigenvalue weighted by Gasteiger charge is 2.11. The molecule has 3 rings (SSSR count). The van der Waals surface area contributed by atoms with Gasteiger partial charge in [0.15, 0.2) is 0 Å². The van der Waals surface area contributed by atoms with E-state index in [0.29, 0.717) is 11.3 Å². The number of aryl methyl sites for hydroxylation is 2. The molecule has 0 saturated heterocycles. The van der Waals surface area contributed by atoms with E-state index in [1.165, 1.54) is 0 Å². The molecule has 2 aromatic carbocycles. The first-order valence-electron chi connectivity index (χ1n) is 7.40. The van der Waals surface area contributed by atoms with E-state index in [1.807, 2.05) is 44.2 Å². The third-order valence-corrected chi connectivity index (χ3v) is 3.82. The van der Waals surface area contributed by atoms with Crippen LogP contribution in [0.4, 0.5) is 5.69 Å². The Balaban J connectivity index is 1.96. The molecule has 0 saturated carbocycles. The Morgan fingerprint density at radius 3 is 2.70 bits per heavy atom. The maximum absolute atomic E-state index is 12.5. The van der Waals surface area contributed by atoms with E-state index in [0.717, 1.165) is 27.7 Å². The predicted octanol–water partition coefficient (Wildman–Crippen LogP) is 4.11. The molecule has 0 bridgehead atoms. The van der Waals surface area contributed by atoms with Crippen molar-refractivity contribution in [2.45, 2.75) is 13.8 Å². The number of nitrogens with one attached hydrogen (secondary N) is 1. The summed E-state index contributed by atoms with van der Waals surface area (Å²) >= 11 is 0. The van der Waals surface area contributed by atoms with Crippen LogP contribution in [0.2, 0.25) is 0 Å². The van der Waals surface area contributed by atoms with Crippen molar-refractivity contribution in [1.82, 2.24) is 4.98 Å². The second-order valence-corrected chi connectivity index (χ2v) is 5.52. The van der Waals surface area contributed by atoms with Gasteiger partial charge in [-0.25, -0.2) is 0 Å². The molecule has 4 heteroatoms. The van der Waals surface area contributed by atoms with Gasteiger partial charge in [-0.05, 0) is 49.7 Å². The summed E-state index contributed by atoms with van der Waals surface area (Å²) in [5, 5.41) is 3.90. The molecule has 0 radical (unpaired) electrons. The lowest BCUT2D eigenvalue weighted by molar-refractivity contribution is 0.102. The second kappa shape index (κ2) is 6.08. The summed E-state index contributed by atoms with van der Waals surface area (Å²) in [6, 6.07) is 13.2. The number of pyridine rings is 1. The van der Waals surface area contributed by atoms with Crippen LogP contribution < -0.4 is 10.1 Å². The zero-order valence-corrected chi connectivity index (χ0v) is 13.4. The molecule has 1 amide bonds. The molecule has 0 fully saturated rings. The molecule has 4 nitrogen and oxygen atoms in total. The summed E-state index contributed by atoms with van der Waals surface area (Å²) in [6.07, 6.45) is 1.70. The Labute approximate surface area is 135 Å². The van der Waals surface area contributed by atoms with Crippen LogP contribution in [0.1, 0.15) is 21.5 Å². The van der Waals surface area contributed by atoms with E-state index in [9.17, 15) is 4.79 Å². The summed E-state index contributed by atoms with van der Waals surface area (Å²) in [6.45, 7) is 3.96. The van der Waals surface area contributed by atoms with Crippen LogP contribution in [-0.2, 0) is 0 Å². The van der Waals surface area contributed by atoms with Crippen LogP contribution in [0.5, 0.6) is 5.75 Å². The standard InChI is InChI=1S/C19H18N2O2/c1-12-4-7-16-15(10-12)17(8-9-20-16)21-19(22)14-6-5-13(2)18(11-14)23-3/h4-11H,1-3H3,(H,20,21,22). The third kappa shape index (κ3) is 3.01. The van der Waals surface area contributed by atoms with Gasteiger partial charge in [0.25, 0.3) is 5.91 Å². The fourth-order valence-corrected chi connectivity index (χ4v) is 2.52. The average Bonchev–Trinajstić information content (AvgIpc) is 2.55. The van der Waals surface area contributed by atoms with Crippen LogP contribution in [0.15, 0.2) is 48.7 Å². The monoisotopic (exact) mass is 306 g/mol. The van der Waals surface area contributed by atoms with Crippen molar-refractivity contribution in [2.24, 2.45) is 0 Å². The van der Waals surface area contributed by atoms with Gasteiger partial charge in [0, 0.05) is 17.1 Å². The van der Waals surface area contributed by atoms with Gasteiger partial charge in [0.1, 0.15) is 5.75 Å². The van der Waals surface area contributed by atoms with Crippen LogP contribution in [0, 0.1) is 13.8 Å². The van der Waals surface area contributed by atoms with Gasteiger partial charge in [0.2, 0.25) is 0 Å². The number of methoxy groups -OCH3 is 1. The first kappa shape index (κ1) is 15.0. The van der Waals surface area contributed by atoms with Crippen LogP contribution in [-0.4, -0.2) is 18.0 Å². The molecular weight excluding hydrogens is 288 g/mol. The molecule has 0 atom stereocenters. The lowest BCUT2D eigenvalue weighted by atomic mass is 10.1. The quantitative estimate of drug-likeness (QED) is 0.792. The molecule has 0 aliphatic heterocycles. The highest BCUT2D eigenvalue weighted by Crippen LogP contribution is 2.24. The van der Waals surface area contributed by atoms with Crippen molar-refractivity contribution in [3.05, 3.63) is 65.4 Å². The maximum Gasteiger partial charge on any atom is 0.255 e. The second-order valence-electron chi connectivity index (χ2n) is 5.52. The van der Waals surface area contributed by atoms with Gasteiger partial charge in [0.05, 0.1) is 18.3 Å². The summed E-state index contributed by atoms with van der Waals surface area (Å²) < 4.78 is 5.28. The molecule has 0 aliphatic rings. The number of hydrogen-bond acceptors (Lipinski definition) is 3. The molecule has 0 spiro atoms. The number of rotatable bonds is 3. The Morgan fingerprint density at radius 1 is 1.09 bits per heavy atom. The van der Waals surface area contributed by atoms with Crippen molar-refractivity contribution < 1.29 is 9.53 Å². The zero-order chi connectivity index (χ0) is 16.4. The minimum absolute atomic E-state index is 0.169. The Hall–Kier alpha value is -2.88. The van der Waals surface area contributed by atoms with Crippen LogP contribution in [0.25, 0.3) is 10.9 Å². The minimum Gasteiger partial charge on any atom is -0.496 e. The number of nitrogens with zero attached hydrogens (tertiary/aromatic N) is 1. The normalized spacial score (nSPS) is 10.6. The van der Waals surface area contributed by atoms with E-state index in [2.05, 4.69) is 10.3 Å². The van der Waals surface area contributed by atoms with Gasteiger partial charge in [-0.2, -0.15) is 0 Å². The highest BCUT2D eigenvalue weighted by atomic mass is 16.5. The maximum atomic E-state index is 12.5. The van der Waals surface area contributed by atoms with Gasteiger partial charge < -0.3 is 10.1 Å². The number of ether oxygens (including phenoxy) is 1. The molecule has 116 valence electrons. The largest absolute Gasteiger partial charge is 0.496 e. The van der Waals surface area contributed by atoms with Gasteiger partial charge in [-0.3, -0.25) is 9.78 Å². The van der Waals surface area contributed by atoms with Gasteiger partial charge in [-0.15, -0.1) is 0 Å². The van der Waals surface area contributed by atoms with Crippen LogP contribution in [0.3, 0.4) is 0 Å². The SMILES string of the molecule is COc1cc(C(=O)Nc2ccnc3ccc(C)cc23)ccc1C. The van der Waals surface area contributed by atoms with Crippen molar-refractivity contribution in [2.75, 3.05) is 12.4 Å². The van der Waals surface area contributed by atoms with Gasteiger partial charge >= 0.3 is 0 Å². The summed E-state index contributed by atoms with van der Waals surface area (Å²) in [7, 11) is 1.60. The topological polar surface area (TPSA) is 51.2 Å². The highest BCUT2D eigenvalue weighted by molar-refractivity contribution is 6.08. The first-order valence-corrected chi connectivity index (χ1v) is 7.40. The zero-order valence-electron chi connectivity index (χ0n) is 13.4. The van der Waals surface area contributed by atoms with E-state index >= 15 is 0 Å². The molecular formula is C19H18N2O2. The van der Waals surface area contributed by atoms with Crippen molar-refractivity contribution in [1.29, 1.82) is 0 Å². The first-order chi connectivity index (χ1) is 11.1. The number of carbonyl (C=O) groups excluding carboxylic acids is 1. The van der Waals surface area contributed by atoms with E-state index < -0.39 is 0 Å². The molecule has 0 unspecified atom stereocenters. The smallest absolute Gasteiger partial charge is 0.255 e. The fourth-order valence-electron chi connectivity index (χ4n) is 2.52. The Morgan fingerprint density at radius 2 is 1.91 bits per heavy atom. The number of carbonyl (C=O) groups is 1. The lowest BCUT2D eigenvalue weighted by Gasteiger charge is -2.11. The number of fused-ring (bicyclic) bond motifs is 1. The molecule has 1 aromatic heterocycles. The van der Waals surface area contributed by atoms with Crippen molar-refractivity contribution in [3.8, 4) is 5.75 Å². The number of benzene rings is 2. The summed E-state index contributed by atoms with van der Waals surface area (Å²) in [5.41, 5.74) is 4.29. The summed E-state index contributed by atoms with van der Waals surface area (Å²) in [5.74, 6) is 0.533. The molecule has 0 aliphatic carbocycles. The Bertz CT molecular complexity index is 888. The van der Waals surface area contributed by atoms with Gasteiger partial charge in [-0.1, -0.05) is 17.7 Å². The molecule has 23 heavy (non-hydrogen) atoms. The average molecular weight is 306 g/mol. The number of anilines is 1. The number of aromatic nitrogens is 1. The van der Waals surface area contributed by atoms with Crippen LogP contribution >= 0.6 is 0 Å². The minimum atomic E-state index is -0.169. The number of amides is 1. The van der Waals surface area contributed by atoms with Crippen molar-refractivity contribution in [3.63, 3.8) is 0 Å². The molecule has 1 heterocycles. The van der Waals surface area contributed by atoms with E-state index in [-0.39, 0.29) is 5.91 Å². The van der Waals surface area contributed by atoms with Crippen molar-refractivity contribution >= 4 is 22.5 Å². The summed E-state index contributed by atoms with van der Waals surface area (Å²) in [4.78, 5) is 16.9.